The summed E-state index contributed by atoms with van der Waals surface area (Å²) in [6, 6.07) is 17.1. The van der Waals surface area contributed by atoms with Crippen LogP contribution in [0.5, 0.6) is 5.75 Å². The van der Waals surface area contributed by atoms with Crippen LogP contribution in [0, 0.1) is 0 Å². The summed E-state index contributed by atoms with van der Waals surface area (Å²) < 4.78 is 5.27. The molecule has 0 aliphatic carbocycles. The van der Waals surface area contributed by atoms with Gasteiger partial charge in [0, 0.05) is 32.9 Å². The summed E-state index contributed by atoms with van der Waals surface area (Å²) >= 11 is 4.88. The van der Waals surface area contributed by atoms with Gasteiger partial charge in [0.1, 0.15) is 28.7 Å². The summed E-state index contributed by atoms with van der Waals surface area (Å²) in [6.07, 6.45) is 3.44. The lowest BCUT2D eigenvalue weighted by Gasteiger charge is -2.04. The highest BCUT2D eigenvalue weighted by Gasteiger charge is 2.09. The fourth-order valence-electron chi connectivity index (χ4n) is 3.22. The van der Waals surface area contributed by atoms with E-state index in [1.165, 1.54) is 11.3 Å². The van der Waals surface area contributed by atoms with Crippen molar-refractivity contribution in [1.82, 2.24) is 20.4 Å². The number of nitrogens with two attached hydrogens (primary N) is 1. The molecule has 0 bridgehead atoms. The molecule has 0 fully saturated rings. The molecule has 0 aliphatic rings. The smallest absolute Gasteiger partial charge is 0.230 e. The molecule has 0 saturated heterocycles. The van der Waals surface area contributed by atoms with E-state index in [2.05, 4.69) is 31.0 Å². The second-order valence-corrected chi connectivity index (χ2v) is 11.6. The Bertz CT molecular complexity index is 1280. The van der Waals surface area contributed by atoms with Crippen LogP contribution in [0.2, 0.25) is 0 Å². The SMILES string of the molecule is CNc1nnc(CCSCCc2nnc(NC(=O)Cc3ccccc3)s2)s1.NCCOc1ccc(CC=O)cc1. The molecule has 4 aromatic rings. The number of aldehydes is 1. The zero-order chi connectivity index (χ0) is 28.4. The van der Waals surface area contributed by atoms with Gasteiger partial charge in [0.15, 0.2) is 0 Å². The van der Waals surface area contributed by atoms with Crippen molar-refractivity contribution in [2.45, 2.75) is 25.7 Å². The minimum atomic E-state index is -0.0729. The van der Waals surface area contributed by atoms with Gasteiger partial charge in [-0.2, -0.15) is 11.8 Å². The molecule has 13 heteroatoms. The number of hydrogen-bond acceptors (Lipinski definition) is 12. The van der Waals surface area contributed by atoms with Crippen LogP contribution in [0.4, 0.5) is 10.3 Å². The second-order valence-electron chi connectivity index (χ2n) is 8.23. The van der Waals surface area contributed by atoms with Gasteiger partial charge in [-0.25, -0.2) is 0 Å². The highest BCUT2D eigenvalue weighted by molar-refractivity contribution is 7.99. The van der Waals surface area contributed by atoms with Gasteiger partial charge in [0.05, 0.1) is 6.42 Å². The van der Waals surface area contributed by atoms with Crippen LogP contribution in [-0.2, 0) is 35.3 Å². The standard InChI is InChI=1S/C17H20N6OS3.C10H13NO2/c1-18-16-22-20-14(26-16)7-9-25-10-8-15-21-23-17(27-15)19-13(24)11-12-5-3-2-4-6-12;11-6-8-13-10-3-1-9(2-4-10)5-7-12/h2-6H,7-11H2,1H3,(H,18,22)(H,19,23,24);1-4,7H,5-6,8,11H2. The van der Waals surface area contributed by atoms with Gasteiger partial charge in [-0.05, 0) is 34.8 Å². The van der Waals surface area contributed by atoms with Crippen LogP contribution in [0.25, 0.3) is 0 Å². The summed E-state index contributed by atoms with van der Waals surface area (Å²) in [5, 5.41) is 25.6. The third-order valence-electron chi connectivity index (χ3n) is 5.15. The van der Waals surface area contributed by atoms with Crippen molar-refractivity contribution in [3.63, 3.8) is 0 Å². The minimum Gasteiger partial charge on any atom is -0.492 e. The topological polar surface area (TPSA) is 145 Å². The van der Waals surface area contributed by atoms with Crippen LogP contribution >= 0.6 is 34.4 Å². The van der Waals surface area contributed by atoms with Gasteiger partial charge in [-0.3, -0.25) is 4.79 Å². The van der Waals surface area contributed by atoms with Gasteiger partial charge in [-0.1, -0.05) is 65.1 Å². The summed E-state index contributed by atoms with van der Waals surface area (Å²) in [6.45, 7) is 1.03. The quantitative estimate of drug-likeness (QED) is 0.136. The first-order chi connectivity index (χ1) is 19.6. The first-order valence-electron chi connectivity index (χ1n) is 12.7. The van der Waals surface area contributed by atoms with E-state index in [1.807, 2.05) is 73.4 Å². The maximum Gasteiger partial charge on any atom is 0.230 e. The number of anilines is 2. The molecule has 0 aliphatic heterocycles. The summed E-state index contributed by atoms with van der Waals surface area (Å²) in [7, 11) is 1.85. The van der Waals surface area contributed by atoms with E-state index >= 15 is 0 Å². The zero-order valence-electron chi connectivity index (χ0n) is 22.2. The number of thioether (sulfide) groups is 1. The van der Waals surface area contributed by atoms with Crippen molar-refractivity contribution >= 4 is 56.9 Å². The van der Waals surface area contributed by atoms with Crippen LogP contribution in [0.3, 0.4) is 0 Å². The largest absolute Gasteiger partial charge is 0.492 e. The number of aryl methyl sites for hydroxylation is 2. The molecule has 4 N–H and O–H groups in total. The van der Waals surface area contributed by atoms with Gasteiger partial charge < -0.3 is 25.9 Å². The molecule has 0 atom stereocenters. The maximum atomic E-state index is 12.1. The molecular formula is C27H33N7O3S3. The lowest BCUT2D eigenvalue weighted by molar-refractivity contribution is -0.115. The van der Waals surface area contributed by atoms with E-state index in [1.54, 1.807) is 11.3 Å². The zero-order valence-corrected chi connectivity index (χ0v) is 24.7. The molecule has 1 amide bonds. The molecule has 2 aromatic carbocycles. The van der Waals surface area contributed by atoms with Crippen molar-refractivity contribution in [2.75, 3.05) is 42.3 Å². The number of ether oxygens (including phenoxy) is 1. The van der Waals surface area contributed by atoms with Crippen molar-refractivity contribution in [1.29, 1.82) is 0 Å². The van der Waals surface area contributed by atoms with Gasteiger partial charge in [0.2, 0.25) is 16.2 Å². The molecule has 2 aromatic heterocycles. The number of carbonyl (C=O) groups excluding carboxylic acids is 2. The monoisotopic (exact) mass is 599 g/mol. The maximum absolute atomic E-state index is 12.1. The lowest BCUT2D eigenvalue weighted by Crippen LogP contribution is -2.14. The fourth-order valence-corrected chi connectivity index (χ4v) is 5.81. The highest BCUT2D eigenvalue weighted by Crippen LogP contribution is 2.19. The van der Waals surface area contributed by atoms with Crippen LogP contribution in [0.15, 0.2) is 54.6 Å². The number of benzene rings is 2. The number of nitrogens with one attached hydrogen (secondary N) is 2. The Morgan fingerprint density at radius 1 is 0.925 bits per heavy atom. The van der Waals surface area contributed by atoms with Crippen molar-refractivity contribution < 1.29 is 14.3 Å². The molecule has 212 valence electrons. The van der Waals surface area contributed by atoms with Gasteiger partial charge in [0.25, 0.3) is 0 Å². The predicted octanol–water partition coefficient (Wildman–Crippen LogP) is 3.90. The summed E-state index contributed by atoms with van der Waals surface area (Å²) in [5.41, 5.74) is 7.26. The number of carbonyl (C=O) groups is 2. The van der Waals surface area contributed by atoms with E-state index in [9.17, 15) is 9.59 Å². The summed E-state index contributed by atoms with van der Waals surface area (Å²) in [4.78, 5) is 22.2. The molecule has 40 heavy (non-hydrogen) atoms. The van der Waals surface area contributed by atoms with Crippen LogP contribution in [-0.4, -0.2) is 64.3 Å². The third-order valence-corrected chi connectivity index (χ3v) is 8.04. The molecule has 10 nitrogen and oxygen atoms in total. The Morgan fingerprint density at radius 2 is 1.57 bits per heavy atom. The van der Waals surface area contributed by atoms with Gasteiger partial charge in [-0.15, -0.1) is 20.4 Å². The van der Waals surface area contributed by atoms with E-state index in [0.717, 1.165) is 62.7 Å². The first kappa shape index (κ1) is 31.1. The van der Waals surface area contributed by atoms with Crippen molar-refractivity contribution in [3.8, 4) is 5.75 Å². The lowest BCUT2D eigenvalue weighted by atomic mass is 10.1. The number of aromatic nitrogens is 4. The normalized spacial score (nSPS) is 10.3. The Hall–Kier alpha value is -3.39. The van der Waals surface area contributed by atoms with E-state index in [-0.39, 0.29) is 5.91 Å². The Kier molecular flexibility index (Phi) is 14.1. The number of hydrogen-bond donors (Lipinski definition) is 3. The van der Waals surface area contributed by atoms with E-state index in [4.69, 9.17) is 10.5 Å². The molecule has 2 heterocycles. The van der Waals surface area contributed by atoms with E-state index in [0.29, 0.717) is 31.1 Å². The van der Waals surface area contributed by atoms with E-state index < -0.39 is 0 Å². The second kappa shape index (κ2) is 18.1. The number of rotatable bonds is 15. The number of amides is 1. The molecule has 0 radical (unpaired) electrons. The Morgan fingerprint density at radius 3 is 2.17 bits per heavy atom. The molecule has 4 rings (SSSR count). The Labute approximate surface area is 246 Å². The average Bonchev–Trinajstić information content (AvgIpc) is 3.63. The molecule has 0 saturated carbocycles. The minimum absolute atomic E-state index is 0.0729. The van der Waals surface area contributed by atoms with Crippen molar-refractivity contribution in [3.05, 3.63) is 75.7 Å². The number of nitrogens with zero attached hydrogens (tertiary/aromatic N) is 4. The fraction of sp³-hybridized carbons (Fsp3) is 0.333. The van der Waals surface area contributed by atoms with Crippen LogP contribution in [0.1, 0.15) is 21.1 Å². The molecular weight excluding hydrogens is 567 g/mol. The third kappa shape index (κ3) is 11.8. The highest BCUT2D eigenvalue weighted by atomic mass is 32.2. The Balaban J connectivity index is 0.000000285. The predicted molar refractivity (Wildman–Crippen MR) is 164 cm³/mol. The summed E-state index contributed by atoms with van der Waals surface area (Å²) in [5.74, 6) is 2.68. The van der Waals surface area contributed by atoms with Crippen LogP contribution < -0.4 is 21.1 Å². The van der Waals surface area contributed by atoms with Gasteiger partial charge >= 0.3 is 0 Å². The molecule has 0 spiro atoms. The van der Waals surface area contributed by atoms with Crippen molar-refractivity contribution in [2.24, 2.45) is 5.73 Å². The first-order valence-corrected chi connectivity index (χ1v) is 15.5. The average molecular weight is 600 g/mol. The molecule has 0 unspecified atom stereocenters.